The summed E-state index contributed by atoms with van der Waals surface area (Å²) in [6, 6.07) is 5.30. The predicted molar refractivity (Wildman–Crippen MR) is 118 cm³/mol. The molecule has 0 radical (unpaired) electrons. The number of hydrogen-bond acceptors (Lipinski definition) is 6. The summed E-state index contributed by atoms with van der Waals surface area (Å²) in [5, 5.41) is 0. The van der Waals surface area contributed by atoms with Gasteiger partial charge in [-0.2, -0.15) is 0 Å². The minimum Gasteiger partial charge on any atom is -0.352 e. The summed E-state index contributed by atoms with van der Waals surface area (Å²) in [6.45, 7) is 2.99. The van der Waals surface area contributed by atoms with E-state index in [0.717, 1.165) is 38.0 Å². The fourth-order valence-electron chi connectivity index (χ4n) is 4.22. The van der Waals surface area contributed by atoms with Gasteiger partial charge in [-0.15, -0.1) is 0 Å². The number of anilines is 1. The van der Waals surface area contributed by atoms with Gasteiger partial charge in [0.15, 0.2) is 5.82 Å². The third-order valence-corrected chi connectivity index (χ3v) is 6.25. The van der Waals surface area contributed by atoms with Gasteiger partial charge in [0.05, 0.1) is 12.0 Å². The third-order valence-electron chi connectivity index (χ3n) is 6.25. The topological polar surface area (TPSA) is 85.9 Å². The fourth-order valence-corrected chi connectivity index (χ4v) is 4.22. The van der Waals surface area contributed by atoms with Crippen LogP contribution >= 0.6 is 0 Å². The van der Waals surface area contributed by atoms with Crippen molar-refractivity contribution in [1.29, 1.82) is 0 Å². The van der Waals surface area contributed by atoms with Crippen LogP contribution in [0.15, 0.2) is 58.9 Å². The molecule has 1 saturated heterocycles. The standard InChI is InChI=1S/C23H26N6O2/c30-21-12-20(19-2-1-7-24-13-19)26-16-29(21)15-18-5-9-27(10-6-18)22-23(31)28(11-8-25-22)14-17-3-4-17/h1-2,7-8,11-13,16-18H,3-6,9-10,14-15H2. The average molecular weight is 419 g/mol. The first-order valence-electron chi connectivity index (χ1n) is 10.9. The van der Waals surface area contributed by atoms with Gasteiger partial charge in [-0.25, -0.2) is 9.97 Å². The molecule has 8 nitrogen and oxygen atoms in total. The highest BCUT2D eigenvalue weighted by atomic mass is 16.1. The molecular weight excluding hydrogens is 392 g/mol. The number of piperidine rings is 1. The third kappa shape index (κ3) is 4.42. The number of pyridine rings is 1. The van der Waals surface area contributed by atoms with Crippen LogP contribution in [0.5, 0.6) is 0 Å². The van der Waals surface area contributed by atoms with E-state index in [1.807, 2.05) is 12.1 Å². The number of rotatable bonds is 6. The van der Waals surface area contributed by atoms with Crippen molar-refractivity contribution >= 4 is 5.82 Å². The maximum absolute atomic E-state index is 12.8. The molecule has 0 bridgehead atoms. The van der Waals surface area contributed by atoms with Crippen molar-refractivity contribution in [3.8, 4) is 11.3 Å². The summed E-state index contributed by atoms with van der Waals surface area (Å²) >= 11 is 0. The summed E-state index contributed by atoms with van der Waals surface area (Å²) in [5.74, 6) is 1.58. The van der Waals surface area contributed by atoms with Gasteiger partial charge in [-0.1, -0.05) is 0 Å². The molecule has 5 rings (SSSR count). The van der Waals surface area contributed by atoms with Crippen molar-refractivity contribution in [2.75, 3.05) is 18.0 Å². The molecule has 0 aromatic carbocycles. The summed E-state index contributed by atoms with van der Waals surface area (Å²) in [4.78, 5) is 40.4. The van der Waals surface area contributed by atoms with E-state index in [1.54, 1.807) is 46.3 Å². The SMILES string of the molecule is O=c1cc(-c2cccnc2)ncn1CC1CCN(c2nccn(CC3CC3)c2=O)CC1. The average Bonchev–Trinajstić information content (AvgIpc) is 3.62. The first-order chi connectivity index (χ1) is 15.2. The summed E-state index contributed by atoms with van der Waals surface area (Å²) in [7, 11) is 0. The van der Waals surface area contributed by atoms with Crippen molar-refractivity contribution in [2.24, 2.45) is 11.8 Å². The molecule has 8 heteroatoms. The van der Waals surface area contributed by atoms with E-state index in [1.165, 1.54) is 12.8 Å². The van der Waals surface area contributed by atoms with Gasteiger partial charge >= 0.3 is 0 Å². The van der Waals surface area contributed by atoms with Crippen molar-refractivity contribution in [2.45, 2.75) is 38.8 Å². The van der Waals surface area contributed by atoms with Gasteiger partial charge in [-0.05, 0) is 49.7 Å². The van der Waals surface area contributed by atoms with Crippen LogP contribution in [0.25, 0.3) is 11.3 Å². The van der Waals surface area contributed by atoms with E-state index >= 15 is 0 Å². The molecule has 2 fully saturated rings. The zero-order chi connectivity index (χ0) is 21.2. The fraction of sp³-hybridized carbons (Fsp3) is 0.435. The molecule has 4 heterocycles. The van der Waals surface area contributed by atoms with E-state index < -0.39 is 0 Å². The lowest BCUT2D eigenvalue weighted by atomic mass is 9.96. The highest BCUT2D eigenvalue weighted by Gasteiger charge is 2.25. The smallest absolute Gasteiger partial charge is 0.293 e. The van der Waals surface area contributed by atoms with E-state index in [0.29, 0.717) is 29.9 Å². The molecule has 0 amide bonds. The zero-order valence-electron chi connectivity index (χ0n) is 17.4. The molecule has 2 aliphatic rings. The molecule has 3 aromatic rings. The van der Waals surface area contributed by atoms with Crippen molar-refractivity contribution in [1.82, 2.24) is 24.1 Å². The van der Waals surface area contributed by atoms with Gasteiger partial charge in [0.2, 0.25) is 0 Å². The van der Waals surface area contributed by atoms with Crippen LogP contribution in [0.4, 0.5) is 5.82 Å². The Balaban J connectivity index is 1.22. The highest BCUT2D eigenvalue weighted by molar-refractivity contribution is 5.56. The monoisotopic (exact) mass is 418 g/mol. The molecule has 0 unspecified atom stereocenters. The molecule has 0 spiro atoms. The molecule has 1 aliphatic carbocycles. The van der Waals surface area contributed by atoms with Crippen molar-refractivity contribution < 1.29 is 0 Å². The van der Waals surface area contributed by atoms with Crippen LogP contribution in [0.3, 0.4) is 0 Å². The summed E-state index contributed by atoms with van der Waals surface area (Å²) in [6.07, 6.45) is 12.8. The minimum atomic E-state index is -0.0519. The Kier molecular flexibility index (Phi) is 5.36. The lowest BCUT2D eigenvalue weighted by Crippen LogP contribution is -2.40. The second kappa shape index (κ2) is 8.45. The quantitative estimate of drug-likeness (QED) is 0.610. The number of hydrogen-bond donors (Lipinski definition) is 0. The molecule has 3 aromatic heterocycles. The largest absolute Gasteiger partial charge is 0.352 e. The second-order valence-electron chi connectivity index (χ2n) is 8.59. The first-order valence-corrected chi connectivity index (χ1v) is 10.9. The van der Waals surface area contributed by atoms with Crippen molar-refractivity contribution in [3.05, 3.63) is 70.0 Å². The highest BCUT2D eigenvalue weighted by Crippen LogP contribution is 2.30. The Labute approximate surface area is 180 Å². The van der Waals surface area contributed by atoms with E-state index in [2.05, 4.69) is 19.9 Å². The minimum absolute atomic E-state index is 0.0132. The Morgan fingerprint density at radius 1 is 0.935 bits per heavy atom. The van der Waals surface area contributed by atoms with Crippen LogP contribution in [0.2, 0.25) is 0 Å². The summed E-state index contributed by atoms with van der Waals surface area (Å²) in [5.41, 5.74) is 1.44. The normalized spacial score (nSPS) is 17.1. The Morgan fingerprint density at radius 3 is 2.42 bits per heavy atom. The van der Waals surface area contributed by atoms with Crippen molar-refractivity contribution in [3.63, 3.8) is 0 Å². The molecule has 160 valence electrons. The van der Waals surface area contributed by atoms with Crippen LogP contribution in [-0.4, -0.2) is 37.2 Å². The van der Waals surface area contributed by atoms with Gasteiger partial charge < -0.3 is 9.47 Å². The first kappa shape index (κ1) is 19.7. The van der Waals surface area contributed by atoms with Crippen LogP contribution < -0.4 is 16.0 Å². The van der Waals surface area contributed by atoms with E-state index in [9.17, 15) is 9.59 Å². The number of aromatic nitrogens is 5. The maximum Gasteiger partial charge on any atom is 0.293 e. The van der Waals surface area contributed by atoms with E-state index in [4.69, 9.17) is 0 Å². The molecule has 1 aliphatic heterocycles. The summed E-state index contributed by atoms with van der Waals surface area (Å²) < 4.78 is 3.49. The Hall–Kier alpha value is -3.29. The Morgan fingerprint density at radius 2 is 1.71 bits per heavy atom. The Bertz CT molecular complexity index is 1160. The van der Waals surface area contributed by atoms with Gasteiger partial charge in [0, 0.05) is 62.6 Å². The molecule has 1 saturated carbocycles. The lowest BCUT2D eigenvalue weighted by Gasteiger charge is -2.32. The number of nitrogens with zero attached hydrogens (tertiary/aromatic N) is 6. The molecule has 31 heavy (non-hydrogen) atoms. The van der Waals surface area contributed by atoms with Crippen LogP contribution in [-0.2, 0) is 13.1 Å². The molecule has 0 atom stereocenters. The second-order valence-corrected chi connectivity index (χ2v) is 8.59. The van der Waals surface area contributed by atoms with E-state index in [-0.39, 0.29) is 11.1 Å². The molecular formula is C23H26N6O2. The maximum atomic E-state index is 12.8. The lowest BCUT2D eigenvalue weighted by molar-refractivity contribution is 0.349. The zero-order valence-corrected chi connectivity index (χ0v) is 17.4. The predicted octanol–water partition coefficient (Wildman–Crippen LogP) is 2.19. The van der Waals surface area contributed by atoms with Crippen LogP contribution in [0.1, 0.15) is 25.7 Å². The van der Waals surface area contributed by atoms with Crippen LogP contribution in [0, 0.1) is 11.8 Å². The molecule has 0 N–H and O–H groups in total. The van der Waals surface area contributed by atoms with Gasteiger partial charge in [0.1, 0.15) is 0 Å². The van der Waals surface area contributed by atoms with Gasteiger partial charge in [-0.3, -0.25) is 19.1 Å². The van der Waals surface area contributed by atoms with Gasteiger partial charge in [0.25, 0.3) is 11.1 Å².